The Labute approximate surface area is 193 Å². The van der Waals surface area contributed by atoms with Gasteiger partial charge in [-0.3, -0.25) is 9.59 Å². The van der Waals surface area contributed by atoms with Crippen LogP contribution in [0.2, 0.25) is 0 Å². The van der Waals surface area contributed by atoms with Crippen molar-refractivity contribution in [2.24, 2.45) is 0 Å². The molecule has 1 aliphatic rings. The van der Waals surface area contributed by atoms with Gasteiger partial charge in [0.15, 0.2) is 16.4 Å². The Kier molecular flexibility index (Phi) is 5.93. The zero-order valence-corrected chi connectivity index (χ0v) is 18.9. The molecule has 0 atom stereocenters. The number of ether oxygens (including phenoxy) is 1. The molecule has 0 unspecified atom stereocenters. The summed E-state index contributed by atoms with van der Waals surface area (Å²) < 4.78 is 12.8. The molecule has 9 nitrogen and oxygen atoms in total. The van der Waals surface area contributed by atoms with Crippen molar-refractivity contribution in [3.05, 3.63) is 58.6 Å². The van der Waals surface area contributed by atoms with Gasteiger partial charge in [-0.1, -0.05) is 36.5 Å². The van der Waals surface area contributed by atoms with Gasteiger partial charge in [0.05, 0.1) is 24.2 Å². The van der Waals surface area contributed by atoms with Gasteiger partial charge < -0.3 is 19.4 Å². The maximum absolute atomic E-state index is 13.2. The lowest BCUT2D eigenvalue weighted by Gasteiger charge is -2.25. The van der Waals surface area contributed by atoms with Crippen LogP contribution in [0.25, 0.3) is 21.7 Å². The van der Waals surface area contributed by atoms with Crippen LogP contribution in [0.4, 0.5) is 10.8 Å². The number of amides is 1. The number of thiazole rings is 1. The lowest BCUT2D eigenvalue weighted by Crippen LogP contribution is -2.36. The predicted octanol–water partition coefficient (Wildman–Crippen LogP) is 3.15. The molecule has 1 saturated heterocycles. The Morgan fingerprint density at radius 3 is 2.76 bits per heavy atom. The standard InChI is InChI=1S/C23H23N5O4S/c1-2-15-6-3-4-7-16(15)24-18(29)14-28-22(30)20-21(19(26-28)17-8-5-11-32-17)33-23(25-20)27-9-12-31-13-10-27/h3-8,11H,2,9-10,12-14H2,1H3,(H,24,29). The third-order valence-corrected chi connectivity index (χ3v) is 6.61. The fourth-order valence-electron chi connectivity index (χ4n) is 3.80. The van der Waals surface area contributed by atoms with E-state index in [-0.39, 0.29) is 18.0 Å². The van der Waals surface area contributed by atoms with E-state index < -0.39 is 5.56 Å². The average Bonchev–Trinajstić information content (AvgIpc) is 3.53. The second-order valence-corrected chi connectivity index (χ2v) is 8.60. The van der Waals surface area contributed by atoms with Crippen LogP contribution in [-0.4, -0.2) is 47.0 Å². The van der Waals surface area contributed by atoms with Gasteiger partial charge in [-0.15, -0.1) is 0 Å². The number of carbonyl (C=O) groups excluding carboxylic acids is 1. The highest BCUT2D eigenvalue weighted by Gasteiger charge is 2.23. The summed E-state index contributed by atoms with van der Waals surface area (Å²) in [6.45, 7) is 4.43. The van der Waals surface area contributed by atoms with Crippen molar-refractivity contribution in [1.82, 2.24) is 14.8 Å². The molecule has 1 aliphatic heterocycles. The minimum absolute atomic E-state index is 0.231. The van der Waals surface area contributed by atoms with Crippen molar-refractivity contribution in [2.75, 3.05) is 36.5 Å². The number of nitrogens with zero attached hydrogens (tertiary/aromatic N) is 4. The molecule has 1 amide bonds. The molecule has 0 saturated carbocycles. The molecule has 0 spiro atoms. The molecule has 1 fully saturated rings. The smallest absolute Gasteiger partial charge is 0.294 e. The number of aryl methyl sites for hydroxylation is 1. The number of morpholine rings is 1. The lowest BCUT2D eigenvalue weighted by atomic mass is 10.1. The van der Waals surface area contributed by atoms with Gasteiger partial charge in [0.1, 0.15) is 12.2 Å². The highest BCUT2D eigenvalue weighted by atomic mass is 32.1. The summed E-state index contributed by atoms with van der Waals surface area (Å²) in [7, 11) is 0. The number of carbonyl (C=O) groups is 1. The van der Waals surface area contributed by atoms with Gasteiger partial charge in [0.2, 0.25) is 5.91 Å². The van der Waals surface area contributed by atoms with Crippen LogP contribution < -0.4 is 15.8 Å². The third kappa shape index (κ3) is 4.27. The van der Waals surface area contributed by atoms with Gasteiger partial charge in [-0.25, -0.2) is 9.67 Å². The Morgan fingerprint density at radius 1 is 1.18 bits per heavy atom. The van der Waals surface area contributed by atoms with Crippen molar-refractivity contribution < 1.29 is 13.9 Å². The highest BCUT2D eigenvalue weighted by molar-refractivity contribution is 7.22. The van der Waals surface area contributed by atoms with Gasteiger partial charge in [-0.05, 0) is 30.2 Å². The predicted molar refractivity (Wildman–Crippen MR) is 127 cm³/mol. The molecule has 4 heterocycles. The van der Waals surface area contributed by atoms with Crippen molar-refractivity contribution in [1.29, 1.82) is 0 Å². The van der Waals surface area contributed by atoms with Crippen molar-refractivity contribution in [2.45, 2.75) is 19.9 Å². The molecule has 33 heavy (non-hydrogen) atoms. The zero-order valence-electron chi connectivity index (χ0n) is 18.1. The normalized spacial score (nSPS) is 14.0. The summed E-state index contributed by atoms with van der Waals surface area (Å²) in [5.41, 5.74) is 2.12. The van der Waals surface area contributed by atoms with Gasteiger partial charge in [0.25, 0.3) is 5.56 Å². The topological polar surface area (TPSA) is 102 Å². The van der Waals surface area contributed by atoms with Crippen LogP contribution in [0.3, 0.4) is 0 Å². The van der Waals surface area contributed by atoms with Crippen LogP contribution >= 0.6 is 11.3 Å². The number of aromatic nitrogens is 3. The largest absolute Gasteiger partial charge is 0.463 e. The fraction of sp³-hybridized carbons (Fsp3) is 0.304. The van der Waals surface area contributed by atoms with E-state index in [2.05, 4.69) is 20.3 Å². The Hall–Kier alpha value is -3.50. The first-order valence-corrected chi connectivity index (χ1v) is 11.6. The number of anilines is 2. The summed E-state index contributed by atoms with van der Waals surface area (Å²) in [5, 5.41) is 8.13. The summed E-state index contributed by atoms with van der Waals surface area (Å²) in [6.07, 6.45) is 2.34. The number of nitrogens with one attached hydrogen (secondary N) is 1. The van der Waals surface area contributed by atoms with Gasteiger partial charge in [0, 0.05) is 18.8 Å². The van der Waals surface area contributed by atoms with E-state index in [1.54, 1.807) is 18.4 Å². The molecule has 3 aromatic heterocycles. The van der Waals surface area contributed by atoms with Crippen LogP contribution in [0.15, 0.2) is 51.9 Å². The van der Waals surface area contributed by atoms with Crippen LogP contribution in [0.1, 0.15) is 12.5 Å². The lowest BCUT2D eigenvalue weighted by molar-refractivity contribution is -0.117. The SMILES string of the molecule is CCc1ccccc1NC(=O)Cn1nc(-c2ccco2)c2sc(N3CCOCC3)nc2c1=O. The van der Waals surface area contributed by atoms with E-state index in [9.17, 15) is 9.59 Å². The highest BCUT2D eigenvalue weighted by Crippen LogP contribution is 2.34. The Bertz CT molecular complexity index is 1340. The minimum atomic E-state index is -0.407. The van der Waals surface area contributed by atoms with E-state index in [0.717, 1.165) is 27.5 Å². The number of furan rings is 1. The number of hydrogen-bond donors (Lipinski definition) is 1. The second kappa shape index (κ2) is 9.16. The first kappa shape index (κ1) is 21.4. The molecule has 4 aromatic rings. The van der Waals surface area contributed by atoms with Crippen LogP contribution in [0, 0.1) is 0 Å². The number of fused-ring (bicyclic) bond motifs is 1. The quantitative estimate of drug-likeness (QED) is 0.467. The number of benzene rings is 1. The molecule has 5 rings (SSSR count). The molecule has 1 aromatic carbocycles. The summed E-state index contributed by atoms with van der Waals surface area (Å²) in [5.74, 6) is 0.182. The van der Waals surface area contributed by atoms with Crippen molar-refractivity contribution in [3.8, 4) is 11.5 Å². The summed E-state index contributed by atoms with van der Waals surface area (Å²) in [4.78, 5) is 32.8. The number of para-hydroxylation sites is 1. The minimum Gasteiger partial charge on any atom is -0.463 e. The molecular weight excluding hydrogens is 442 g/mol. The number of hydrogen-bond acceptors (Lipinski definition) is 8. The maximum Gasteiger partial charge on any atom is 0.294 e. The third-order valence-electron chi connectivity index (χ3n) is 5.49. The second-order valence-electron chi connectivity index (χ2n) is 7.62. The summed E-state index contributed by atoms with van der Waals surface area (Å²) in [6, 6.07) is 11.1. The average molecular weight is 466 g/mol. The van der Waals surface area contributed by atoms with Crippen molar-refractivity contribution >= 4 is 38.3 Å². The summed E-state index contributed by atoms with van der Waals surface area (Å²) >= 11 is 1.40. The molecule has 10 heteroatoms. The Balaban J connectivity index is 1.52. The molecule has 0 radical (unpaired) electrons. The van der Waals surface area contributed by atoms with Gasteiger partial charge >= 0.3 is 0 Å². The Morgan fingerprint density at radius 2 is 2.00 bits per heavy atom. The van der Waals surface area contributed by atoms with E-state index in [4.69, 9.17) is 9.15 Å². The van der Waals surface area contributed by atoms with Crippen LogP contribution in [-0.2, 0) is 22.5 Å². The maximum atomic E-state index is 13.2. The van der Waals surface area contributed by atoms with Crippen molar-refractivity contribution in [3.63, 3.8) is 0 Å². The zero-order chi connectivity index (χ0) is 22.8. The monoisotopic (exact) mass is 465 g/mol. The molecule has 0 aliphatic carbocycles. The first-order chi connectivity index (χ1) is 16.1. The van der Waals surface area contributed by atoms with Gasteiger partial charge in [-0.2, -0.15) is 5.10 Å². The molecular formula is C23H23N5O4S. The first-order valence-electron chi connectivity index (χ1n) is 10.8. The fourth-order valence-corrected chi connectivity index (χ4v) is 4.89. The molecule has 170 valence electrons. The van der Waals surface area contributed by atoms with E-state index in [0.29, 0.717) is 42.5 Å². The molecule has 1 N–H and O–H groups in total. The van der Waals surface area contributed by atoms with E-state index in [1.165, 1.54) is 11.3 Å². The van der Waals surface area contributed by atoms with E-state index in [1.807, 2.05) is 31.2 Å². The molecule has 0 bridgehead atoms. The van der Waals surface area contributed by atoms with Crippen LogP contribution in [0.5, 0.6) is 0 Å². The number of rotatable bonds is 6. The van der Waals surface area contributed by atoms with E-state index >= 15 is 0 Å².